The molecular weight excluding hydrogens is 366 g/mol. The van der Waals surface area contributed by atoms with Gasteiger partial charge in [-0.2, -0.15) is 5.10 Å². The highest BCUT2D eigenvalue weighted by Gasteiger charge is 2.18. The van der Waals surface area contributed by atoms with Gasteiger partial charge in [-0.1, -0.05) is 18.2 Å². The standard InChI is InChI=1S/C18H19N5O3S/c1-11(17-21-15(22-23-17)9-16(24)25)20-18(26)13-6-2-3-7-14(13)19-10-12-5-4-8-27-12/h2-8,11,19H,9-10H2,1H3,(H,20,26)(H,24,25)(H,21,22,23). The topological polar surface area (TPSA) is 120 Å². The molecule has 9 heteroatoms. The Morgan fingerprint density at radius 2 is 2.07 bits per heavy atom. The van der Waals surface area contributed by atoms with Crippen LogP contribution >= 0.6 is 11.3 Å². The molecule has 0 radical (unpaired) electrons. The molecule has 27 heavy (non-hydrogen) atoms. The summed E-state index contributed by atoms with van der Waals surface area (Å²) in [7, 11) is 0. The number of carbonyl (C=O) groups is 2. The predicted octanol–water partition coefficient (Wildman–Crippen LogP) is 2.60. The second kappa shape index (κ2) is 8.45. The zero-order chi connectivity index (χ0) is 19.2. The Kier molecular flexibility index (Phi) is 5.82. The van der Waals surface area contributed by atoms with Gasteiger partial charge in [-0.3, -0.25) is 14.7 Å². The molecule has 1 unspecified atom stereocenters. The second-order valence-electron chi connectivity index (χ2n) is 5.88. The minimum absolute atomic E-state index is 0.247. The summed E-state index contributed by atoms with van der Waals surface area (Å²) in [6.07, 6.45) is -0.247. The molecule has 1 amide bonds. The normalized spacial score (nSPS) is 11.7. The molecule has 3 rings (SSSR count). The molecule has 0 saturated heterocycles. The van der Waals surface area contributed by atoms with Crippen LogP contribution in [0.3, 0.4) is 0 Å². The van der Waals surface area contributed by atoms with Gasteiger partial charge in [0, 0.05) is 17.1 Å². The number of nitrogens with zero attached hydrogens (tertiary/aromatic N) is 2. The highest BCUT2D eigenvalue weighted by Crippen LogP contribution is 2.19. The van der Waals surface area contributed by atoms with Crippen LogP contribution in [0, 0.1) is 0 Å². The number of hydrogen-bond acceptors (Lipinski definition) is 6. The van der Waals surface area contributed by atoms with E-state index in [1.807, 2.05) is 29.6 Å². The lowest BCUT2D eigenvalue weighted by Gasteiger charge is -2.14. The number of amides is 1. The first-order valence-corrected chi connectivity index (χ1v) is 9.20. The van der Waals surface area contributed by atoms with Crippen molar-refractivity contribution in [2.45, 2.75) is 25.9 Å². The quantitative estimate of drug-likeness (QED) is 0.473. The summed E-state index contributed by atoms with van der Waals surface area (Å²) < 4.78 is 0. The van der Waals surface area contributed by atoms with Gasteiger partial charge in [0.15, 0.2) is 5.82 Å². The van der Waals surface area contributed by atoms with Crippen molar-refractivity contribution in [1.29, 1.82) is 0 Å². The summed E-state index contributed by atoms with van der Waals surface area (Å²) in [6, 6.07) is 10.8. The Morgan fingerprint density at radius 3 is 2.81 bits per heavy atom. The highest BCUT2D eigenvalue weighted by atomic mass is 32.1. The fourth-order valence-electron chi connectivity index (χ4n) is 2.50. The van der Waals surface area contributed by atoms with E-state index in [0.717, 1.165) is 5.69 Å². The molecule has 0 aliphatic carbocycles. The van der Waals surface area contributed by atoms with E-state index >= 15 is 0 Å². The Hall–Kier alpha value is -3.20. The minimum atomic E-state index is -1.000. The lowest BCUT2D eigenvalue weighted by molar-refractivity contribution is -0.136. The van der Waals surface area contributed by atoms with Gasteiger partial charge in [0.25, 0.3) is 5.91 Å². The molecule has 0 aliphatic heterocycles. The molecule has 4 N–H and O–H groups in total. The predicted molar refractivity (Wildman–Crippen MR) is 102 cm³/mol. The van der Waals surface area contributed by atoms with E-state index in [-0.39, 0.29) is 18.2 Å². The molecule has 0 bridgehead atoms. The number of thiophene rings is 1. The van der Waals surface area contributed by atoms with Gasteiger partial charge in [0.1, 0.15) is 12.2 Å². The lowest BCUT2D eigenvalue weighted by atomic mass is 10.1. The van der Waals surface area contributed by atoms with Crippen molar-refractivity contribution in [2.24, 2.45) is 0 Å². The average molecular weight is 385 g/mol. The molecule has 8 nitrogen and oxygen atoms in total. The summed E-state index contributed by atoms with van der Waals surface area (Å²) >= 11 is 1.65. The molecule has 0 fully saturated rings. The molecule has 2 aromatic heterocycles. The number of benzene rings is 1. The molecular formula is C18H19N5O3S. The maximum Gasteiger partial charge on any atom is 0.311 e. The molecule has 0 spiro atoms. The minimum Gasteiger partial charge on any atom is -0.481 e. The fourth-order valence-corrected chi connectivity index (χ4v) is 3.14. The van der Waals surface area contributed by atoms with E-state index in [1.54, 1.807) is 30.4 Å². The van der Waals surface area contributed by atoms with Gasteiger partial charge < -0.3 is 15.7 Å². The molecule has 1 aromatic carbocycles. The van der Waals surface area contributed by atoms with Crippen molar-refractivity contribution in [3.8, 4) is 0 Å². The van der Waals surface area contributed by atoms with Crippen LogP contribution in [0.4, 0.5) is 5.69 Å². The van der Waals surface area contributed by atoms with Crippen molar-refractivity contribution in [2.75, 3.05) is 5.32 Å². The van der Waals surface area contributed by atoms with Gasteiger partial charge >= 0.3 is 5.97 Å². The largest absolute Gasteiger partial charge is 0.481 e. The number of nitrogens with one attached hydrogen (secondary N) is 3. The SMILES string of the molecule is CC(NC(=O)c1ccccc1NCc1cccs1)c1n[nH]c(CC(=O)O)n1. The summed E-state index contributed by atoms with van der Waals surface area (Å²) in [5.41, 5.74) is 1.25. The Morgan fingerprint density at radius 1 is 1.26 bits per heavy atom. The third-order valence-electron chi connectivity index (χ3n) is 3.81. The lowest BCUT2D eigenvalue weighted by Crippen LogP contribution is -2.28. The van der Waals surface area contributed by atoms with Gasteiger partial charge in [-0.25, -0.2) is 4.98 Å². The Bertz CT molecular complexity index is 923. The first-order chi connectivity index (χ1) is 13.0. The number of hydrogen-bond donors (Lipinski definition) is 4. The number of carboxylic acids is 1. The van der Waals surface area contributed by atoms with E-state index in [1.165, 1.54) is 4.88 Å². The van der Waals surface area contributed by atoms with Crippen molar-refractivity contribution in [3.63, 3.8) is 0 Å². The van der Waals surface area contributed by atoms with Crippen LogP contribution in [0.5, 0.6) is 0 Å². The zero-order valence-electron chi connectivity index (χ0n) is 14.6. The van der Waals surface area contributed by atoms with Crippen molar-refractivity contribution in [3.05, 3.63) is 63.9 Å². The third-order valence-corrected chi connectivity index (χ3v) is 4.68. The summed E-state index contributed by atoms with van der Waals surface area (Å²) in [4.78, 5) is 28.7. The maximum absolute atomic E-state index is 12.7. The number of aliphatic carboxylic acids is 1. The summed E-state index contributed by atoms with van der Waals surface area (Å²) in [6.45, 7) is 2.38. The van der Waals surface area contributed by atoms with Crippen molar-refractivity contribution < 1.29 is 14.7 Å². The van der Waals surface area contributed by atoms with E-state index in [0.29, 0.717) is 17.9 Å². The number of carboxylic acid groups (broad SMARTS) is 1. The smallest absolute Gasteiger partial charge is 0.311 e. The first-order valence-electron chi connectivity index (χ1n) is 8.32. The van der Waals surface area contributed by atoms with Crippen LogP contribution in [0.25, 0.3) is 0 Å². The molecule has 0 saturated carbocycles. The third kappa shape index (κ3) is 4.91. The number of aromatic nitrogens is 3. The number of H-pyrrole nitrogens is 1. The van der Waals surface area contributed by atoms with E-state index < -0.39 is 12.0 Å². The summed E-state index contributed by atoms with van der Waals surface area (Å²) in [5.74, 6) is -0.679. The Balaban J connectivity index is 1.66. The molecule has 140 valence electrons. The maximum atomic E-state index is 12.7. The van der Waals surface area contributed by atoms with E-state index in [2.05, 4.69) is 25.8 Å². The summed E-state index contributed by atoms with van der Waals surface area (Å²) in [5, 5.41) is 23.5. The van der Waals surface area contributed by atoms with Crippen molar-refractivity contribution >= 4 is 28.9 Å². The van der Waals surface area contributed by atoms with Gasteiger partial charge in [-0.05, 0) is 30.5 Å². The van der Waals surface area contributed by atoms with Crippen LogP contribution < -0.4 is 10.6 Å². The number of carbonyl (C=O) groups excluding carboxylic acids is 1. The van der Waals surface area contributed by atoms with Crippen LogP contribution in [0.1, 0.15) is 39.8 Å². The number of aromatic amines is 1. The number of anilines is 1. The molecule has 1 atom stereocenters. The highest BCUT2D eigenvalue weighted by molar-refractivity contribution is 7.09. The van der Waals surface area contributed by atoms with E-state index in [4.69, 9.17) is 5.11 Å². The van der Waals surface area contributed by atoms with Crippen LogP contribution in [0.15, 0.2) is 41.8 Å². The van der Waals surface area contributed by atoms with Crippen LogP contribution in [-0.4, -0.2) is 32.2 Å². The molecule has 0 aliphatic rings. The van der Waals surface area contributed by atoms with E-state index in [9.17, 15) is 9.59 Å². The Labute approximate surface area is 159 Å². The van der Waals surface area contributed by atoms with Crippen LogP contribution in [-0.2, 0) is 17.8 Å². The second-order valence-corrected chi connectivity index (χ2v) is 6.92. The first kappa shape index (κ1) is 18.6. The number of rotatable bonds is 8. The van der Waals surface area contributed by atoms with Gasteiger partial charge in [0.05, 0.1) is 11.6 Å². The number of para-hydroxylation sites is 1. The van der Waals surface area contributed by atoms with Gasteiger partial charge in [0.2, 0.25) is 0 Å². The zero-order valence-corrected chi connectivity index (χ0v) is 15.4. The monoisotopic (exact) mass is 385 g/mol. The average Bonchev–Trinajstić information content (AvgIpc) is 3.31. The fraction of sp³-hybridized carbons (Fsp3) is 0.222. The van der Waals surface area contributed by atoms with Gasteiger partial charge in [-0.15, -0.1) is 11.3 Å². The molecule has 2 heterocycles. The van der Waals surface area contributed by atoms with Crippen LogP contribution in [0.2, 0.25) is 0 Å². The van der Waals surface area contributed by atoms with Crippen molar-refractivity contribution in [1.82, 2.24) is 20.5 Å². The molecule has 3 aromatic rings.